The Morgan fingerprint density at radius 2 is 1.75 bits per heavy atom. The van der Waals surface area contributed by atoms with Gasteiger partial charge < -0.3 is 0 Å². The van der Waals surface area contributed by atoms with Crippen LogP contribution in [0.4, 0.5) is 8.78 Å². The van der Waals surface area contributed by atoms with Gasteiger partial charge in [-0.2, -0.15) is 0 Å². The molecule has 2 aromatic carbocycles. The van der Waals surface area contributed by atoms with Crippen LogP contribution >= 0.6 is 0 Å². The lowest BCUT2D eigenvalue weighted by Gasteiger charge is -2.09. The molecule has 0 fully saturated rings. The van der Waals surface area contributed by atoms with E-state index in [-0.39, 0.29) is 5.56 Å². The molecule has 0 aliphatic rings. The van der Waals surface area contributed by atoms with Crippen molar-refractivity contribution in [2.75, 3.05) is 0 Å². The van der Waals surface area contributed by atoms with Crippen molar-refractivity contribution < 1.29 is 13.6 Å². The molecule has 2 rings (SSSR count). The van der Waals surface area contributed by atoms with E-state index in [2.05, 4.69) is 13.8 Å². The SMILES string of the molecule is CCC(C)c1ccc(C(=O)c2cccc(F)c2F)cc1. The molecule has 0 N–H and O–H groups in total. The topological polar surface area (TPSA) is 17.1 Å². The Morgan fingerprint density at radius 1 is 1.10 bits per heavy atom. The van der Waals surface area contributed by atoms with Crippen molar-refractivity contribution in [1.82, 2.24) is 0 Å². The fourth-order valence-electron chi connectivity index (χ4n) is 2.03. The van der Waals surface area contributed by atoms with E-state index in [0.717, 1.165) is 18.1 Å². The van der Waals surface area contributed by atoms with Crippen LogP contribution in [-0.4, -0.2) is 5.78 Å². The Labute approximate surface area is 117 Å². The normalized spacial score (nSPS) is 12.2. The number of carbonyl (C=O) groups is 1. The van der Waals surface area contributed by atoms with Crippen molar-refractivity contribution >= 4 is 5.78 Å². The lowest BCUT2D eigenvalue weighted by molar-refractivity contribution is 0.103. The summed E-state index contributed by atoms with van der Waals surface area (Å²) < 4.78 is 26.7. The van der Waals surface area contributed by atoms with Crippen LogP contribution in [0.5, 0.6) is 0 Å². The molecule has 3 heteroatoms. The van der Waals surface area contributed by atoms with E-state index < -0.39 is 17.4 Å². The third kappa shape index (κ3) is 2.77. The van der Waals surface area contributed by atoms with Crippen LogP contribution in [0.1, 0.15) is 47.7 Å². The first-order chi connectivity index (χ1) is 9.54. The Kier molecular flexibility index (Phi) is 4.28. The van der Waals surface area contributed by atoms with E-state index in [9.17, 15) is 13.6 Å². The number of halogens is 2. The van der Waals surface area contributed by atoms with Crippen LogP contribution in [0.3, 0.4) is 0 Å². The van der Waals surface area contributed by atoms with Crippen molar-refractivity contribution in [3.8, 4) is 0 Å². The number of hydrogen-bond donors (Lipinski definition) is 0. The maximum atomic E-state index is 13.6. The summed E-state index contributed by atoms with van der Waals surface area (Å²) in [5.74, 6) is -2.20. The highest BCUT2D eigenvalue weighted by atomic mass is 19.2. The molecule has 1 unspecified atom stereocenters. The zero-order chi connectivity index (χ0) is 14.7. The third-order valence-corrected chi connectivity index (χ3v) is 3.55. The van der Waals surface area contributed by atoms with E-state index >= 15 is 0 Å². The number of benzene rings is 2. The van der Waals surface area contributed by atoms with Gasteiger partial charge in [0.2, 0.25) is 0 Å². The fraction of sp³-hybridized carbons (Fsp3) is 0.235. The Bertz CT molecular complexity index is 617. The van der Waals surface area contributed by atoms with Gasteiger partial charge in [-0.15, -0.1) is 0 Å². The molecular formula is C17H16F2O. The molecule has 0 aliphatic heterocycles. The smallest absolute Gasteiger partial charge is 0.196 e. The van der Waals surface area contributed by atoms with Gasteiger partial charge in [0.1, 0.15) is 0 Å². The molecular weight excluding hydrogens is 258 g/mol. The van der Waals surface area contributed by atoms with Crippen molar-refractivity contribution in [1.29, 1.82) is 0 Å². The van der Waals surface area contributed by atoms with Crippen molar-refractivity contribution in [3.05, 3.63) is 70.8 Å². The second-order valence-electron chi connectivity index (χ2n) is 4.86. The summed E-state index contributed by atoms with van der Waals surface area (Å²) in [5.41, 5.74) is 1.26. The zero-order valence-electron chi connectivity index (χ0n) is 11.5. The van der Waals surface area contributed by atoms with Gasteiger partial charge in [-0.25, -0.2) is 8.78 Å². The summed E-state index contributed by atoms with van der Waals surface area (Å²) in [6.45, 7) is 4.19. The zero-order valence-corrected chi connectivity index (χ0v) is 11.5. The van der Waals surface area contributed by atoms with E-state index in [1.807, 2.05) is 12.1 Å². The number of rotatable bonds is 4. The number of carbonyl (C=O) groups excluding carboxylic acids is 1. The van der Waals surface area contributed by atoms with Crippen molar-refractivity contribution in [2.45, 2.75) is 26.2 Å². The Morgan fingerprint density at radius 3 is 2.35 bits per heavy atom. The Balaban J connectivity index is 2.32. The largest absolute Gasteiger partial charge is 0.288 e. The second kappa shape index (κ2) is 5.95. The molecule has 2 aromatic rings. The van der Waals surface area contributed by atoms with Gasteiger partial charge in [0, 0.05) is 5.56 Å². The number of hydrogen-bond acceptors (Lipinski definition) is 1. The fourth-order valence-corrected chi connectivity index (χ4v) is 2.03. The van der Waals surface area contributed by atoms with E-state index in [0.29, 0.717) is 11.5 Å². The van der Waals surface area contributed by atoms with Crippen LogP contribution in [0.2, 0.25) is 0 Å². The molecule has 0 radical (unpaired) electrons. The molecule has 104 valence electrons. The third-order valence-electron chi connectivity index (χ3n) is 3.55. The monoisotopic (exact) mass is 274 g/mol. The quantitative estimate of drug-likeness (QED) is 0.738. The minimum Gasteiger partial charge on any atom is -0.288 e. The van der Waals surface area contributed by atoms with Gasteiger partial charge in [-0.3, -0.25) is 4.79 Å². The molecule has 0 saturated heterocycles. The summed E-state index contributed by atoms with van der Waals surface area (Å²) in [7, 11) is 0. The lowest BCUT2D eigenvalue weighted by Crippen LogP contribution is -2.06. The van der Waals surface area contributed by atoms with Gasteiger partial charge in [0.15, 0.2) is 17.4 Å². The summed E-state index contributed by atoms with van der Waals surface area (Å²) in [6, 6.07) is 10.7. The average Bonchev–Trinajstić information content (AvgIpc) is 2.48. The maximum Gasteiger partial charge on any atom is 0.196 e. The summed E-state index contributed by atoms with van der Waals surface area (Å²) in [6.07, 6.45) is 1.01. The van der Waals surface area contributed by atoms with Gasteiger partial charge in [-0.1, -0.05) is 44.2 Å². The highest BCUT2D eigenvalue weighted by molar-refractivity contribution is 6.09. The molecule has 0 amide bonds. The van der Waals surface area contributed by atoms with Gasteiger partial charge in [-0.05, 0) is 30.0 Å². The summed E-state index contributed by atoms with van der Waals surface area (Å²) in [5, 5.41) is 0. The predicted octanol–water partition coefficient (Wildman–Crippen LogP) is 4.71. The Hall–Kier alpha value is -2.03. The molecule has 0 aromatic heterocycles. The van der Waals surface area contributed by atoms with E-state index in [4.69, 9.17) is 0 Å². The highest BCUT2D eigenvalue weighted by Crippen LogP contribution is 2.21. The average molecular weight is 274 g/mol. The van der Waals surface area contributed by atoms with Crippen LogP contribution in [-0.2, 0) is 0 Å². The van der Waals surface area contributed by atoms with E-state index in [1.54, 1.807) is 12.1 Å². The summed E-state index contributed by atoms with van der Waals surface area (Å²) in [4.78, 5) is 12.2. The van der Waals surface area contributed by atoms with Crippen LogP contribution in [0, 0.1) is 11.6 Å². The second-order valence-corrected chi connectivity index (χ2v) is 4.86. The summed E-state index contributed by atoms with van der Waals surface area (Å²) >= 11 is 0. The molecule has 20 heavy (non-hydrogen) atoms. The lowest BCUT2D eigenvalue weighted by atomic mass is 9.95. The molecule has 1 atom stereocenters. The highest BCUT2D eigenvalue weighted by Gasteiger charge is 2.16. The first-order valence-electron chi connectivity index (χ1n) is 6.63. The standard InChI is InChI=1S/C17H16F2O/c1-3-11(2)12-7-9-13(10-8-12)17(20)14-5-4-6-15(18)16(14)19/h4-11H,3H2,1-2H3. The minimum atomic E-state index is -1.09. The molecule has 1 nitrogen and oxygen atoms in total. The molecule has 0 spiro atoms. The molecule has 0 saturated carbocycles. The molecule has 0 aliphatic carbocycles. The van der Waals surface area contributed by atoms with Crippen molar-refractivity contribution in [2.24, 2.45) is 0 Å². The predicted molar refractivity (Wildman–Crippen MR) is 74.9 cm³/mol. The van der Waals surface area contributed by atoms with Crippen molar-refractivity contribution in [3.63, 3.8) is 0 Å². The van der Waals surface area contributed by atoms with Gasteiger partial charge in [0.05, 0.1) is 5.56 Å². The molecule has 0 bridgehead atoms. The minimum absolute atomic E-state index is 0.235. The maximum absolute atomic E-state index is 13.6. The first-order valence-corrected chi connectivity index (χ1v) is 6.63. The van der Waals surface area contributed by atoms with Crippen LogP contribution in [0.25, 0.3) is 0 Å². The molecule has 0 heterocycles. The van der Waals surface area contributed by atoms with E-state index in [1.165, 1.54) is 12.1 Å². The number of ketones is 1. The first kappa shape index (κ1) is 14.4. The van der Waals surface area contributed by atoms with Gasteiger partial charge in [0.25, 0.3) is 0 Å². The van der Waals surface area contributed by atoms with Gasteiger partial charge >= 0.3 is 0 Å². The van der Waals surface area contributed by atoms with Crippen LogP contribution < -0.4 is 0 Å². The van der Waals surface area contributed by atoms with Crippen LogP contribution in [0.15, 0.2) is 42.5 Å².